The van der Waals surface area contributed by atoms with Crippen LogP contribution >= 0.6 is 0 Å². The lowest BCUT2D eigenvalue weighted by atomic mass is 9.87. The Balaban J connectivity index is 2.78. The first kappa shape index (κ1) is 13.6. The molecule has 0 saturated heterocycles. The number of carbonyl (C=O) groups excluding carboxylic acids is 1. The molecular weight excluding hydrogens is 214 g/mol. The molecule has 0 radical (unpaired) electrons. The predicted octanol–water partition coefficient (Wildman–Crippen LogP) is 2.63. The number of benzene rings is 1. The molecule has 94 valence electrons. The molecule has 1 amide bonds. The van der Waals surface area contributed by atoms with Crippen LogP contribution in [0.4, 0.5) is 0 Å². The minimum Gasteiger partial charge on any atom is -0.481 e. The Morgan fingerprint density at radius 3 is 2.18 bits per heavy atom. The van der Waals surface area contributed by atoms with Gasteiger partial charge in [0.2, 0.25) is 0 Å². The fourth-order valence-corrected chi connectivity index (χ4v) is 1.54. The van der Waals surface area contributed by atoms with Gasteiger partial charge in [-0.2, -0.15) is 0 Å². The van der Waals surface area contributed by atoms with Gasteiger partial charge in [0.05, 0.1) is 0 Å². The van der Waals surface area contributed by atoms with E-state index in [1.54, 1.807) is 0 Å². The summed E-state index contributed by atoms with van der Waals surface area (Å²) in [6.45, 7) is 8.34. The van der Waals surface area contributed by atoms with Gasteiger partial charge in [-0.1, -0.05) is 39.8 Å². The van der Waals surface area contributed by atoms with Crippen molar-refractivity contribution in [2.75, 3.05) is 0 Å². The van der Waals surface area contributed by atoms with Gasteiger partial charge in [-0.05, 0) is 29.5 Å². The number of hydrogen-bond donors (Lipinski definition) is 1. The predicted molar refractivity (Wildman–Crippen MR) is 69.0 cm³/mol. The van der Waals surface area contributed by atoms with E-state index >= 15 is 0 Å². The molecule has 3 heteroatoms. The summed E-state index contributed by atoms with van der Waals surface area (Å²) in [5, 5.41) is 0. The zero-order valence-electron chi connectivity index (χ0n) is 11.0. The van der Waals surface area contributed by atoms with E-state index in [1.165, 1.54) is 5.56 Å². The first-order valence-electron chi connectivity index (χ1n) is 5.91. The van der Waals surface area contributed by atoms with Crippen LogP contribution in [0.15, 0.2) is 24.3 Å². The standard InChI is InChI=1S/C14H21NO2/c1-5-12(13(15)16)17-11-8-6-10(7-9-11)14(2,3)4/h6-9,12H,5H2,1-4H3,(H2,15,16). The number of primary amides is 1. The number of rotatable bonds is 4. The van der Waals surface area contributed by atoms with Crippen molar-refractivity contribution in [3.8, 4) is 5.75 Å². The third kappa shape index (κ3) is 3.77. The highest BCUT2D eigenvalue weighted by Crippen LogP contribution is 2.24. The van der Waals surface area contributed by atoms with E-state index in [1.807, 2.05) is 31.2 Å². The molecule has 0 heterocycles. The third-order valence-electron chi connectivity index (χ3n) is 2.69. The zero-order valence-corrected chi connectivity index (χ0v) is 11.0. The van der Waals surface area contributed by atoms with Gasteiger partial charge < -0.3 is 10.5 Å². The molecule has 0 aromatic heterocycles. The average molecular weight is 235 g/mol. The van der Waals surface area contributed by atoms with E-state index in [4.69, 9.17) is 10.5 Å². The van der Waals surface area contributed by atoms with Crippen molar-refractivity contribution in [3.05, 3.63) is 29.8 Å². The first-order valence-corrected chi connectivity index (χ1v) is 5.91. The van der Waals surface area contributed by atoms with Crippen molar-refractivity contribution in [1.82, 2.24) is 0 Å². The minimum atomic E-state index is -0.546. The Hall–Kier alpha value is -1.51. The maximum Gasteiger partial charge on any atom is 0.258 e. The van der Waals surface area contributed by atoms with Crippen LogP contribution in [0.2, 0.25) is 0 Å². The molecule has 1 unspecified atom stereocenters. The highest BCUT2D eigenvalue weighted by molar-refractivity contribution is 5.79. The van der Waals surface area contributed by atoms with Crippen molar-refractivity contribution in [3.63, 3.8) is 0 Å². The normalized spacial score (nSPS) is 13.2. The largest absolute Gasteiger partial charge is 0.481 e. The summed E-state index contributed by atoms with van der Waals surface area (Å²) in [6.07, 6.45) is 0.0339. The second kappa shape index (κ2) is 5.21. The van der Waals surface area contributed by atoms with Gasteiger partial charge in [-0.3, -0.25) is 4.79 Å². The Morgan fingerprint density at radius 1 is 1.29 bits per heavy atom. The second-order valence-electron chi connectivity index (χ2n) is 5.19. The summed E-state index contributed by atoms with van der Waals surface area (Å²) in [5.74, 6) is 0.260. The van der Waals surface area contributed by atoms with Crippen molar-refractivity contribution >= 4 is 5.91 Å². The Labute approximate surface area is 103 Å². The molecule has 2 N–H and O–H groups in total. The Bertz CT molecular complexity index is 376. The van der Waals surface area contributed by atoms with E-state index in [0.29, 0.717) is 12.2 Å². The highest BCUT2D eigenvalue weighted by atomic mass is 16.5. The van der Waals surface area contributed by atoms with Gasteiger partial charge in [-0.25, -0.2) is 0 Å². The number of nitrogens with two attached hydrogens (primary N) is 1. The van der Waals surface area contributed by atoms with Gasteiger partial charge in [0.25, 0.3) is 5.91 Å². The van der Waals surface area contributed by atoms with E-state index in [2.05, 4.69) is 20.8 Å². The van der Waals surface area contributed by atoms with Crippen molar-refractivity contribution in [2.45, 2.75) is 45.6 Å². The van der Waals surface area contributed by atoms with E-state index in [0.717, 1.165) is 0 Å². The fraction of sp³-hybridized carbons (Fsp3) is 0.500. The van der Waals surface area contributed by atoms with Crippen LogP contribution in [0, 0.1) is 0 Å². The first-order chi connectivity index (χ1) is 7.84. The molecule has 0 aliphatic carbocycles. The highest BCUT2D eigenvalue weighted by Gasteiger charge is 2.16. The van der Waals surface area contributed by atoms with Crippen LogP contribution in [0.1, 0.15) is 39.7 Å². The summed E-state index contributed by atoms with van der Waals surface area (Å²) in [6, 6.07) is 7.80. The number of carbonyl (C=O) groups is 1. The summed E-state index contributed by atoms with van der Waals surface area (Å²) >= 11 is 0. The summed E-state index contributed by atoms with van der Waals surface area (Å²) in [5.41, 5.74) is 6.58. The van der Waals surface area contributed by atoms with Crippen LogP contribution in [0.25, 0.3) is 0 Å². The van der Waals surface area contributed by atoms with Crippen LogP contribution in [0.5, 0.6) is 5.75 Å². The molecule has 1 rings (SSSR count). The lowest BCUT2D eigenvalue weighted by Gasteiger charge is -2.20. The van der Waals surface area contributed by atoms with Gasteiger partial charge in [0.1, 0.15) is 5.75 Å². The molecule has 0 bridgehead atoms. The molecular formula is C14H21NO2. The van der Waals surface area contributed by atoms with Crippen molar-refractivity contribution < 1.29 is 9.53 Å². The molecule has 1 aromatic rings. The average Bonchev–Trinajstić information content (AvgIpc) is 2.25. The van der Waals surface area contributed by atoms with Crippen LogP contribution in [-0.4, -0.2) is 12.0 Å². The van der Waals surface area contributed by atoms with Gasteiger partial charge in [0, 0.05) is 0 Å². The number of hydrogen-bond acceptors (Lipinski definition) is 2. The lowest BCUT2D eigenvalue weighted by molar-refractivity contribution is -0.124. The summed E-state index contributed by atoms with van der Waals surface area (Å²) in [7, 11) is 0. The van der Waals surface area contributed by atoms with Crippen molar-refractivity contribution in [1.29, 1.82) is 0 Å². The number of ether oxygens (including phenoxy) is 1. The Morgan fingerprint density at radius 2 is 1.82 bits per heavy atom. The van der Waals surface area contributed by atoms with E-state index in [-0.39, 0.29) is 5.41 Å². The molecule has 1 atom stereocenters. The lowest BCUT2D eigenvalue weighted by Crippen LogP contribution is -2.32. The number of amides is 1. The van der Waals surface area contributed by atoms with Gasteiger partial charge >= 0.3 is 0 Å². The molecule has 3 nitrogen and oxygen atoms in total. The molecule has 17 heavy (non-hydrogen) atoms. The van der Waals surface area contributed by atoms with Crippen molar-refractivity contribution in [2.24, 2.45) is 5.73 Å². The van der Waals surface area contributed by atoms with Gasteiger partial charge in [-0.15, -0.1) is 0 Å². The minimum absolute atomic E-state index is 0.117. The van der Waals surface area contributed by atoms with E-state index in [9.17, 15) is 4.79 Å². The van der Waals surface area contributed by atoms with Crippen LogP contribution < -0.4 is 10.5 Å². The molecule has 1 aromatic carbocycles. The zero-order chi connectivity index (χ0) is 13.1. The molecule has 0 aliphatic rings. The van der Waals surface area contributed by atoms with Crippen LogP contribution in [-0.2, 0) is 10.2 Å². The smallest absolute Gasteiger partial charge is 0.258 e. The molecule has 0 spiro atoms. The third-order valence-corrected chi connectivity index (χ3v) is 2.69. The molecule has 0 aliphatic heterocycles. The summed E-state index contributed by atoms with van der Waals surface area (Å²) < 4.78 is 5.52. The topological polar surface area (TPSA) is 52.3 Å². The summed E-state index contributed by atoms with van der Waals surface area (Å²) in [4.78, 5) is 11.1. The monoisotopic (exact) mass is 235 g/mol. The maximum atomic E-state index is 11.1. The van der Waals surface area contributed by atoms with E-state index < -0.39 is 12.0 Å². The quantitative estimate of drug-likeness (QED) is 0.872. The molecule has 0 saturated carbocycles. The molecule has 0 fully saturated rings. The van der Waals surface area contributed by atoms with Crippen LogP contribution in [0.3, 0.4) is 0 Å². The Kier molecular flexibility index (Phi) is 4.16. The SMILES string of the molecule is CCC(Oc1ccc(C(C)(C)C)cc1)C(N)=O. The second-order valence-corrected chi connectivity index (χ2v) is 5.19. The maximum absolute atomic E-state index is 11.1. The fourth-order valence-electron chi connectivity index (χ4n) is 1.54. The van der Waals surface area contributed by atoms with Gasteiger partial charge in [0.15, 0.2) is 6.10 Å².